The van der Waals surface area contributed by atoms with Crippen molar-refractivity contribution in [3.8, 4) is 5.75 Å². The summed E-state index contributed by atoms with van der Waals surface area (Å²) in [5, 5.41) is 0. The zero-order valence-electron chi connectivity index (χ0n) is 9.49. The fourth-order valence-electron chi connectivity index (χ4n) is 1.56. The monoisotopic (exact) mass is 266 g/mol. The van der Waals surface area contributed by atoms with Gasteiger partial charge in [-0.2, -0.15) is 0 Å². The van der Waals surface area contributed by atoms with Crippen molar-refractivity contribution in [1.29, 1.82) is 0 Å². The van der Waals surface area contributed by atoms with E-state index in [0.717, 1.165) is 5.56 Å². The Morgan fingerprint density at radius 1 is 1.29 bits per heavy atom. The number of hydrogen-bond acceptors (Lipinski definition) is 3. The minimum atomic E-state index is -0.0567. The Labute approximate surface area is 109 Å². The highest BCUT2D eigenvalue weighted by molar-refractivity contribution is 7.18. The molecule has 0 radical (unpaired) electrons. The van der Waals surface area contributed by atoms with Crippen LogP contribution in [0.5, 0.6) is 5.75 Å². The Morgan fingerprint density at radius 3 is 2.65 bits per heavy atom. The first-order valence-corrected chi connectivity index (χ1v) is 6.26. The number of thiophene rings is 1. The molecular weight excluding hydrogens is 256 g/mol. The summed E-state index contributed by atoms with van der Waals surface area (Å²) in [6.07, 6.45) is 0. The Morgan fingerprint density at radius 2 is 2.06 bits per heavy atom. The smallest absolute Gasteiger partial charge is 0.206 e. The summed E-state index contributed by atoms with van der Waals surface area (Å²) in [6.45, 7) is 1.96. The molecule has 0 aliphatic carbocycles. The Hall–Kier alpha value is -1.32. The van der Waals surface area contributed by atoms with Gasteiger partial charge in [-0.3, -0.25) is 4.79 Å². The van der Waals surface area contributed by atoms with Crippen LogP contribution < -0.4 is 4.74 Å². The summed E-state index contributed by atoms with van der Waals surface area (Å²) in [5.41, 5.74) is 1.62. The van der Waals surface area contributed by atoms with Crippen LogP contribution in [0.4, 0.5) is 0 Å². The molecule has 4 heteroatoms. The van der Waals surface area contributed by atoms with Gasteiger partial charge in [0.2, 0.25) is 5.78 Å². The van der Waals surface area contributed by atoms with Crippen molar-refractivity contribution < 1.29 is 9.53 Å². The van der Waals surface area contributed by atoms with Gasteiger partial charge in [0, 0.05) is 0 Å². The highest BCUT2D eigenvalue weighted by Crippen LogP contribution is 2.28. The molecule has 0 fully saturated rings. The maximum Gasteiger partial charge on any atom is 0.206 e. The van der Waals surface area contributed by atoms with E-state index in [1.165, 1.54) is 11.3 Å². The molecule has 2 nitrogen and oxygen atoms in total. The van der Waals surface area contributed by atoms with Crippen LogP contribution in [0.15, 0.2) is 30.3 Å². The number of ketones is 1. The first kappa shape index (κ1) is 12.1. The van der Waals surface area contributed by atoms with E-state index >= 15 is 0 Å². The molecule has 0 unspecified atom stereocenters. The van der Waals surface area contributed by atoms with Gasteiger partial charge in [0.1, 0.15) is 5.75 Å². The molecule has 0 amide bonds. The van der Waals surface area contributed by atoms with E-state index in [2.05, 4.69) is 0 Å². The van der Waals surface area contributed by atoms with Crippen LogP contribution in [0.2, 0.25) is 4.34 Å². The lowest BCUT2D eigenvalue weighted by Crippen LogP contribution is -2.02. The number of aryl methyl sites for hydroxylation is 1. The quantitative estimate of drug-likeness (QED) is 0.787. The van der Waals surface area contributed by atoms with Gasteiger partial charge in [-0.25, -0.2) is 0 Å². The molecule has 1 heterocycles. The van der Waals surface area contributed by atoms with Crippen molar-refractivity contribution in [1.82, 2.24) is 0 Å². The van der Waals surface area contributed by atoms with Crippen LogP contribution in [-0.2, 0) is 0 Å². The topological polar surface area (TPSA) is 26.3 Å². The second-order valence-corrected chi connectivity index (χ2v) is 5.35. The minimum absolute atomic E-state index is 0.0567. The van der Waals surface area contributed by atoms with E-state index in [0.29, 0.717) is 20.5 Å². The van der Waals surface area contributed by atoms with E-state index in [4.69, 9.17) is 16.3 Å². The van der Waals surface area contributed by atoms with Gasteiger partial charge in [0.05, 0.1) is 21.9 Å². The molecule has 1 aromatic carbocycles. The van der Waals surface area contributed by atoms with Gasteiger partial charge in [-0.1, -0.05) is 17.7 Å². The number of rotatable bonds is 3. The number of halogens is 1. The molecule has 0 aliphatic rings. The van der Waals surface area contributed by atoms with Crippen LogP contribution in [0.1, 0.15) is 20.8 Å². The molecule has 2 aromatic rings. The average molecular weight is 267 g/mol. The molecule has 0 atom stereocenters. The predicted molar refractivity (Wildman–Crippen MR) is 70.5 cm³/mol. The lowest BCUT2D eigenvalue weighted by Gasteiger charge is -2.07. The van der Waals surface area contributed by atoms with Gasteiger partial charge in [0.25, 0.3) is 0 Å². The Kier molecular flexibility index (Phi) is 3.50. The highest BCUT2D eigenvalue weighted by atomic mass is 35.5. The summed E-state index contributed by atoms with van der Waals surface area (Å²) in [7, 11) is 1.56. The third kappa shape index (κ3) is 2.51. The van der Waals surface area contributed by atoms with E-state index < -0.39 is 0 Å². The number of ether oxygens (including phenoxy) is 1. The number of methoxy groups -OCH3 is 1. The third-order valence-electron chi connectivity index (χ3n) is 2.40. The molecule has 0 bridgehead atoms. The summed E-state index contributed by atoms with van der Waals surface area (Å²) < 4.78 is 5.84. The van der Waals surface area contributed by atoms with Gasteiger partial charge in [0.15, 0.2) is 0 Å². The molecule has 88 valence electrons. The predicted octanol–water partition coefficient (Wildman–Crippen LogP) is 3.95. The molecule has 0 spiro atoms. The van der Waals surface area contributed by atoms with Crippen LogP contribution >= 0.6 is 22.9 Å². The molecule has 2 rings (SSSR count). The number of hydrogen-bond donors (Lipinski definition) is 0. The van der Waals surface area contributed by atoms with E-state index in [1.807, 2.05) is 19.1 Å². The third-order valence-corrected chi connectivity index (χ3v) is 3.63. The Balaban J connectivity index is 2.43. The fourth-order valence-corrected chi connectivity index (χ4v) is 2.55. The summed E-state index contributed by atoms with van der Waals surface area (Å²) in [6, 6.07) is 8.98. The fraction of sp³-hybridized carbons (Fsp3) is 0.154. The zero-order chi connectivity index (χ0) is 12.4. The lowest BCUT2D eigenvalue weighted by atomic mass is 10.1. The molecule has 0 saturated heterocycles. The first-order chi connectivity index (χ1) is 8.11. The normalized spacial score (nSPS) is 10.3. The van der Waals surface area contributed by atoms with E-state index in [-0.39, 0.29) is 5.78 Å². The number of benzene rings is 1. The average Bonchev–Trinajstić information content (AvgIpc) is 2.75. The van der Waals surface area contributed by atoms with Crippen molar-refractivity contribution in [2.45, 2.75) is 6.92 Å². The van der Waals surface area contributed by atoms with Gasteiger partial charge in [-0.05, 0) is 36.8 Å². The van der Waals surface area contributed by atoms with E-state index in [9.17, 15) is 4.79 Å². The van der Waals surface area contributed by atoms with Gasteiger partial charge >= 0.3 is 0 Å². The molecular formula is C13H11ClO2S. The van der Waals surface area contributed by atoms with Gasteiger partial charge in [-0.15, -0.1) is 11.3 Å². The first-order valence-electron chi connectivity index (χ1n) is 5.06. The van der Waals surface area contributed by atoms with Crippen molar-refractivity contribution >= 4 is 28.7 Å². The largest absolute Gasteiger partial charge is 0.496 e. The van der Waals surface area contributed by atoms with Crippen LogP contribution in [0.25, 0.3) is 0 Å². The summed E-state index contributed by atoms with van der Waals surface area (Å²) in [4.78, 5) is 12.8. The molecule has 0 N–H and O–H groups in total. The van der Waals surface area contributed by atoms with Crippen molar-refractivity contribution in [2.24, 2.45) is 0 Å². The second kappa shape index (κ2) is 4.90. The minimum Gasteiger partial charge on any atom is -0.496 e. The van der Waals surface area contributed by atoms with Crippen LogP contribution in [0, 0.1) is 6.92 Å². The second-order valence-electron chi connectivity index (χ2n) is 3.64. The zero-order valence-corrected chi connectivity index (χ0v) is 11.1. The summed E-state index contributed by atoms with van der Waals surface area (Å²) in [5.74, 6) is 0.540. The number of carbonyl (C=O) groups is 1. The maximum atomic E-state index is 12.2. The van der Waals surface area contributed by atoms with Crippen LogP contribution in [-0.4, -0.2) is 12.9 Å². The maximum absolute atomic E-state index is 12.2. The molecule has 0 saturated carbocycles. The molecule has 17 heavy (non-hydrogen) atoms. The standard InChI is InChI=1S/C13H11ClO2S/c1-8-3-4-9(10(7-8)16-2)13(15)11-5-6-12(14)17-11/h3-7H,1-2H3. The van der Waals surface area contributed by atoms with Crippen molar-refractivity contribution in [3.63, 3.8) is 0 Å². The SMILES string of the molecule is COc1cc(C)ccc1C(=O)c1ccc(Cl)s1. The highest BCUT2D eigenvalue weighted by Gasteiger charge is 2.16. The van der Waals surface area contributed by atoms with Gasteiger partial charge < -0.3 is 4.74 Å². The molecule has 1 aromatic heterocycles. The van der Waals surface area contributed by atoms with E-state index in [1.54, 1.807) is 25.3 Å². The number of carbonyl (C=O) groups excluding carboxylic acids is 1. The Bertz CT molecular complexity index is 560. The lowest BCUT2D eigenvalue weighted by molar-refractivity contribution is 0.103. The summed E-state index contributed by atoms with van der Waals surface area (Å²) >= 11 is 7.10. The van der Waals surface area contributed by atoms with Crippen LogP contribution in [0.3, 0.4) is 0 Å². The molecule has 0 aliphatic heterocycles. The van der Waals surface area contributed by atoms with Crippen molar-refractivity contribution in [3.05, 3.63) is 50.7 Å². The van der Waals surface area contributed by atoms with Crippen molar-refractivity contribution in [2.75, 3.05) is 7.11 Å².